The number of primary amides is 1. The lowest BCUT2D eigenvalue weighted by atomic mass is 10.2. The van der Waals surface area contributed by atoms with E-state index in [0.717, 1.165) is 0 Å². The fourth-order valence-electron chi connectivity index (χ4n) is 1.46. The Morgan fingerprint density at radius 1 is 1.37 bits per heavy atom. The number of nitrogens with two attached hydrogens (primary N) is 1. The zero-order valence-corrected chi connectivity index (χ0v) is 11.7. The van der Waals surface area contributed by atoms with Gasteiger partial charge in [-0.2, -0.15) is 0 Å². The van der Waals surface area contributed by atoms with E-state index < -0.39 is 22.0 Å². The first-order chi connectivity index (χ1) is 8.75. The molecule has 0 spiro atoms. The van der Waals surface area contributed by atoms with Gasteiger partial charge in [0.15, 0.2) is 0 Å². The largest absolute Gasteiger partial charge is 0.393 e. The van der Waals surface area contributed by atoms with Crippen LogP contribution in [0.3, 0.4) is 0 Å². The smallest absolute Gasteiger partial charge is 0.248 e. The standard InChI is InChI=1S/C12H18N2O4S/c1-9(15)7-8-14(2)19(17,18)11-5-3-10(4-6-11)12(13)16/h3-6,9,15H,7-8H2,1-2H3,(H2,13,16). The number of aliphatic hydroxyl groups is 1. The number of carbonyl (C=O) groups excluding carboxylic acids is 1. The third-order valence-electron chi connectivity index (χ3n) is 2.71. The zero-order valence-electron chi connectivity index (χ0n) is 10.9. The first-order valence-corrected chi connectivity index (χ1v) is 7.23. The molecule has 0 radical (unpaired) electrons. The minimum atomic E-state index is -3.61. The van der Waals surface area contributed by atoms with Gasteiger partial charge in [0.2, 0.25) is 15.9 Å². The molecule has 106 valence electrons. The predicted octanol–water partition coefficient (Wildman–Crippen LogP) is 0.177. The van der Waals surface area contributed by atoms with Crippen molar-refractivity contribution in [2.75, 3.05) is 13.6 Å². The lowest BCUT2D eigenvalue weighted by Crippen LogP contribution is -2.29. The summed E-state index contributed by atoms with van der Waals surface area (Å²) in [5.41, 5.74) is 5.34. The van der Waals surface area contributed by atoms with Crippen molar-refractivity contribution in [2.45, 2.75) is 24.3 Å². The van der Waals surface area contributed by atoms with Gasteiger partial charge < -0.3 is 10.8 Å². The maximum Gasteiger partial charge on any atom is 0.248 e. The summed E-state index contributed by atoms with van der Waals surface area (Å²) in [7, 11) is -2.16. The molecule has 1 unspecified atom stereocenters. The molecule has 7 heteroatoms. The monoisotopic (exact) mass is 286 g/mol. The highest BCUT2D eigenvalue weighted by Crippen LogP contribution is 2.15. The maximum absolute atomic E-state index is 12.2. The summed E-state index contributed by atoms with van der Waals surface area (Å²) in [5.74, 6) is -0.605. The Morgan fingerprint density at radius 3 is 2.32 bits per heavy atom. The highest BCUT2D eigenvalue weighted by Gasteiger charge is 2.20. The van der Waals surface area contributed by atoms with Crippen molar-refractivity contribution < 1.29 is 18.3 Å². The Labute approximate surface area is 112 Å². The lowest BCUT2D eigenvalue weighted by molar-refractivity contribution is 0.1000. The van der Waals surface area contributed by atoms with Crippen molar-refractivity contribution in [1.82, 2.24) is 4.31 Å². The molecule has 1 aromatic rings. The molecule has 0 saturated heterocycles. The van der Waals surface area contributed by atoms with E-state index in [9.17, 15) is 13.2 Å². The maximum atomic E-state index is 12.2. The topological polar surface area (TPSA) is 101 Å². The zero-order chi connectivity index (χ0) is 14.6. The van der Waals surface area contributed by atoms with Crippen molar-refractivity contribution >= 4 is 15.9 Å². The molecule has 1 amide bonds. The van der Waals surface area contributed by atoms with E-state index in [1.807, 2.05) is 0 Å². The minimum absolute atomic E-state index is 0.0885. The number of benzene rings is 1. The number of hydrogen-bond donors (Lipinski definition) is 2. The van der Waals surface area contributed by atoms with Crippen LogP contribution in [0, 0.1) is 0 Å². The molecule has 0 aliphatic heterocycles. The van der Waals surface area contributed by atoms with E-state index in [-0.39, 0.29) is 17.0 Å². The Balaban J connectivity index is 2.90. The average molecular weight is 286 g/mol. The quantitative estimate of drug-likeness (QED) is 0.778. The molecule has 19 heavy (non-hydrogen) atoms. The molecular weight excluding hydrogens is 268 g/mol. The molecule has 1 aromatic carbocycles. The molecule has 6 nitrogen and oxygen atoms in total. The molecule has 0 aliphatic rings. The molecule has 1 atom stereocenters. The van der Waals surface area contributed by atoms with E-state index in [0.29, 0.717) is 6.42 Å². The van der Waals surface area contributed by atoms with Crippen molar-refractivity contribution in [3.8, 4) is 0 Å². The second-order valence-electron chi connectivity index (χ2n) is 4.35. The number of hydrogen-bond acceptors (Lipinski definition) is 4. The molecule has 0 saturated carbocycles. The summed E-state index contributed by atoms with van der Waals surface area (Å²) in [4.78, 5) is 11.0. The van der Waals surface area contributed by atoms with Crippen LogP contribution in [0.2, 0.25) is 0 Å². The SMILES string of the molecule is CC(O)CCN(C)S(=O)(=O)c1ccc(C(N)=O)cc1. The number of sulfonamides is 1. The van der Waals surface area contributed by atoms with E-state index >= 15 is 0 Å². The molecule has 0 aromatic heterocycles. The van der Waals surface area contributed by atoms with Crippen LogP contribution in [0.4, 0.5) is 0 Å². The van der Waals surface area contributed by atoms with Gasteiger partial charge in [-0.25, -0.2) is 12.7 Å². The van der Waals surface area contributed by atoms with Crippen LogP contribution in [0.1, 0.15) is 23.7 Å². The van der Waals surface area contributed by atoms with E-state index in [2.05, 4.69) is 0 Å². The fourth-order valence-corrected chi connectivity index (χ4v) is 2.65. The molecule has 0 bridgehead atoms. The van der Waals surface area contributed by atoms with Crippen molar-refractivity contribution in [3.63, 3.8) is 0 Å². The first-order valence-electron chi connectivity index (χ1n) is 5.79. The van der Waals surface area contributed by atoms with Gasteiger partial charge in [-0.05, 0) is 37.6 Å². The number of nitrogens with zero attached hydrogens (tertiary/aromatic N) is 1. The van der Waals surface area contributed by atoms with Crippen LogP contribution in [-0.4, -0.2) is 43.4 Å². The Hall–Kier alpha value is -1.44. The van der Waals surface area contributed by atoms with E-state index in [1.165, 1.54) is 35.6 Å². The van der Waals surface area contributed by atoms with Gasteiger partial charge >= 0.3 is 0 Å². The Kier molecular flexibility index (Phi) is 5.04. The Bertz CT molecular complexity index is 537. The molecule has 0 heterocycles. The van der Waals surface area contributed by atoms with Crippen molar-refractivity contribution in [1.29, 1.82) is 0 Å². The molecule has 1 rings (SSSR count). The lowest BCUT2D eigenvalue weighted by Gasteiger charge is -2.18. The predicted molar refractivity (Wildman–Crippen MR) is 71.1 cm³/mol. The highest BCUT2D eigenvalue weighted by molar-refractivity contribution is 7.89. The van der Waals surface area contributed by atoms with E-state index in [4.69, 9.17) is 10.8 Å². The molecule has 0 aliphatic carbocycles. The van der Waals surface area contributed by atoms with Crippen molar-refractivity contribution in [2.24, 2.45) is 5.73 Å². The molecule has 3 N–H and O–H groups in total. The number of carbonyl (C=O) groups is 1. The second-order valence-corrected chi connectivity index (χ2v) is 6.40. The summed E-state index contributed by atoms with van der Waals surface area (Å²) >= 11 is 0. The average Bonchev–Trinajstić information content (AvgIpc) is 2.35. The van der Waals surface area contributed by atoms with Gasteiger partial charge in [0.05, 0.1) is 11.0 Å². The normalized spacial score (nSPS) is 13.5. The number of rotatable bonds is 6. The third-order valence-corrected chi connectivity index (χ3v) is 4.58. The summed E-state index contributed by atoms with van der Waals surface area (Å²) in [6.07, 6.45) is -0.204. The molecular formula is C12H18N2O4S. The van der Waals surface area contributed by atoms with Crippen molar-refractivity contribution in [3.05, 3.63) is 29.8 Å². The van der Waals surface area contributed by atoms with Gasteiger partial charge in [0.25, 0.3) is 0 Å². The van der Waals surface area contributed by atoms with E-state index in [1.54, 1.807) is 6.92 Å². The second kappa shape index (κ2) is 6.14. The number of amides is 1. The number of aliphatic hydroxyl groups excluding tert-OH is 1. The van der Waals surface area contributed by atoms with Gasteiger partial charge in [0, 0.05) is 19.2 Å². The first kappa shape index (κ1) is 15.6. The summed E-state index contributed by atoms with van der Waals surface area (Å²) in [6.45, 7) is 1.82. The van der Waals surface area contributed by atoms with Crippen LogP contribution in [0.5, 0.6) is 0 Å². The van der Waals surface area contributed by atoms with Gasteiger partial charge in [-0.3, -0.25) is 4.79 Å². The minimum Gasteiger partial charge on any atom is -0.393 e. The summed E-state index contributed by atoms with van der Waals surface area (Å²) < 4.78 is 25.5. The Morgan fingerprint density at radius 2 is 1.89 bits per heavy atom. The van der Waals surface area contributed by atoms with Gasteiger partial charge in [0.1, 0.15) is 0 Å². The highest BCUT2D eigenvalue weighted by atomic mass is 32.2. The van der Waals surface area contributed by atoms with Crippen LogP contribution in [-0.2, 0) is 10.0 Å². The van der Waals surface area contributed by atoms with Crippen LogP contribution in [0.15, 0.2) is 29.2 Å². The third kappa shape index (κ3) is 4.02. The van der Waals surface area contributed by atoms with Gasteiger partial charge in [-0.15, -0.1) is 0 Å². The van der Waals surface area contributed by atoms with Gasteiger partial charge in [-0.1, -0.05) is 0 Å². The fraction of sp³-hybridized carbons (Fsp3) is 0.417. The van der Waals surface area contributed by atoms with Crippen LogP contribution in [0.25, 0.3) is 0 Å². The summed E-state index contributed by atoms with van der Waals surface area (Å²) in [6, 6.07) is 5.43. The van der Waals surface area contributed by atoms with Crippen LogP contribution >= 0.6 is 0 Å². The van der Waals surface area contributed by atoms with Crippen LogP contribution < -0.4 is 5.73 Å². The molecule has 0 fully saturated rings. The summed E-state index contributed by atoms with van der Waals surface area (Å²) in [5, 5.41) is 9.16.